The number of aryl methyl sites for hydroxylation is 1. The SMILES string of the molecule is Cc1ccc(C(=O)N/N=C/c2cc(Cl)cc(Cl)c2O)c(Cl)c1. The van der Waals surface area contributed by atoms with E-state index >= 15 is 0 Å². The van der Waals surface area contributed by atoms with Gasteiger partial charge in [0.05, 0.1) is 21.8 Å². The number of rotatable bonds is 3. The van der Waals surface area contributed by atoms with Gasteiger partial charge in [-0.25, -0.2) is 5.43 Å². The van der Waals surface area contributed by atoms with Crippen LogP contribution in [-0.2, 0) is 0 Å². The monoisotopic (exact) mass is 356 g/mol. The number of nitrogens with one attached hydrogen (secondary N) is 1. The number of halogens is 3. The highest BCUT2D eigenvalue weighted by atomic mass is 35.5. The number of hydrogen-bond acceptors (Lipinski definition) is 3. The number of phenols is 1. The second-order valence-corrected chi connectivity index (χ2v) is 5.76. The summed E-state index contributed by atoms with van der Waals surface area (Å²) in [4.78, 5) is 12.0. The molecule has 0 aliphatic heterocycles. The Balaban J connectivity index is 2.14. The van der Waals surface area contributed by atoms with Gasteiger partial charge in [-0.2, -0.15) is 5.10 Å². The Bertz CT molecular complexity index is 761. The molecule has 7 heteroatoms. The molecular weight excluding hydrogens is 347 g/mol. The van der Waals surface area contributed by atoms with Crippen molar-refractivity contribution in [2.24, 2.45) is 5.10 Å². The predicted octanol–water partition coefficient (Wildman–Crippen LogP) is 4.42. The minimum absolute atomic E-state index is 0.0989. The predicted molar refractivity (Wildman–Crippen MR) is 89.4 cm³/mol. The van der Waals surface area contributed by atoms with E-state index in [1.165, 1.54) is 18.3 Å². The molecule has 0 heterocycles. The maximum atomic E-state index is 12.0. The van der Waals surface area contributed by atoms with Gasteiger partial charge in [0.25, 0.3) is 5.91 Å². The van der Waals surface area contributed by atoms with Gasteiger partial charge < -0.3 is 5.11 Å². The van der Waals surface area contributed by atoms with Crippen molar-refractivity contribution in [3.8, 4) is 5.75 Å². The Morgan fingerprint density at radius 1 is 1.18 bits per heavy atom. The molecule has 0 atom stereocenters. The standard InChI is InChI=1S/C15H11Cl3N2O2/c1-8-2-3-11(12(17)4-8)15(22)20-19-7-9-5-10(16)6-13(18)14(9)21/h2-7,21H,1H3,(H,20,22)/b19-7+. The molecule has 0 spiro atoms. The molecule has 4 nitrogen and oxygen atoms in total. The third-order valence-electron chi connectivity index (χ3n) is 2.80. The Kier molecular flexibility index (Phi) is 5.29. The van der Waals surface area contributed by atoms with Gasteiger partial charge in [-0.15, -0.1) is 0 Å². The number of nitrogens with zero attached hydrogens (tertiary/aromatic N) is 1. The highest BCUT2D eigenvalue weighted by molar-refractivity contribution is 6.36. The topological polar surface area (TPSA) is 61.7 Å². The first-order chi connectivity index (χ1) is 10.4. The summed E-state index contributed by atoms with van der Waals surface area (Å²) in [6, 6.07) is 7.93. The first-order valence-electron chi connectivity index (χ1n) is 6.16. The van der Waals surface area contributed by atoms with Crippen molar-refractivity contribution >= 4 is 46.9 Å². The lowest BCUT2D eigenvalue weighted by molar-refractivity contribution is 0.0955. The molecule has 0 aliphatic carbocycles. The summed E-state index contributed by atoms with van der Waals surface area (Å²) < 4.78 is 0. The molecule has 22 heavy (non-hydrogen) atoms. The second kappa shape index (κ2) is 7.01. The van der Waals surface area contributed by atoms with Crippen molar-refractivity contribution in [3.05, 3.63) is 62.1 Å². The molecule has 2 rings (SSSR count). The van der Waals surface area contributed by atoms with Crippen LogP contribution in [0.4, 0.5) is 0 Å². The molecule has 0 radical (unpaired) electrons. The fourth-order valence-electron chi connectivity index (χ4n) is 1.71. The first kappa shape index (κ1) is 16.6. The quantitative estimate of drug-likeness (QED) is 0.631. The zero-order valence-electron chi connectivity index (χ0n) is 11.4. The third-order valence-corrected chi connectivity index (χ3v) is 3.62. The average molecular weight is 358 g/mol. The fraction of sp³-hybridized carbons (Fsp3) is 0.0667. The van der Waals surface area contributed by atoms with Crippen molar-refractivity contribution < 1.29 is 9.90 Å². The van der Waals surface area contributed by atoms with E-state index < -0.39 is 5.91 Å². The summed E-state index contributed by atoms with van der Waals surface area (Å²) in [6.45, 7) is 1.87. The first-order valence-corrected chi connectivity index (χ1v) is 7.29. The van der Waals surface area contributed by atoms with Gasteiger partial charge in [-0.1, -0.05) is 40.9 Å². The van der Waals surface area contributed by atoms with Crippen LogP contribution in [0.2, 0.25) is 15.1 Å². The summed E-state index contributed by atoms with van der Waals surface area (Å²) in [5, 5.41) is 14.3. The van der Waals surface area contributed by atoms with E-state index in [1.807, 2.05) is 6.92 Å². The maximum absolute atomic E-state index is 12.0. The second-order valence-electron chi connectivity index (χ2n) is 4.51. The van der Waals surface area contributed by atoms with E-state index in [4.69, 9.17) is 34.8 Å². The van der Waals surface area contributed by atoms with Gasteiger partial charge in [0, 0.05) is 10.6 Å². The van der Waals surface area contributed by atoms with E-state index in [2.05, 4.69) is 10.5 Å². The molecule has 0 saturated heterocycles. The zero-order chi connectivity index (χ0) is 16.3. The molecule has 0 aromatic heterocycles. The van der Waals surface area contributed by atoms with Crippen LogP contribution in [0.15, 0.2) is 35.4 Å². The highest BCUT2D eigenvalue weighted by Gasteiger charge is 2.10. The number of aromatic hydroxyl groups is 1. The van der Waals surface area contributed by atoms with Gasteiger partial charge in [-0.3, -0.25) is 4.79 Å². The minimum Gasteiger partial charge on any atom is -0.506 e. The summed E-state index contributed by atoms with van der Waals surface area (Å²) in [5.74, 6) is -0.633. The van der Waals surface area contributed by atoms with E-state index in [1.54, 1.807) is 18.2 Å². The Labute approximate surface area is 142 Å². The van der Waals surface area contributed by atoms with Gasteiger partial charge in [0.1, 0.15) is 5.75 Å². The van der Waals surface area contributed by atoms with E-state index in [0.717, 1.165) is 5.56 Å². The van der Waals surface area contributed by atoms with Crippen molar-refractivity contribution in [2.75, 3.05) is 0 Å². The summed E-state index contributed by atoms with van der Waals surface area (Å²) in [6.07, 6.45) is 1.24. The molecule has 2 N–H and O–H groups in total. The molecule has 0 saturated carbocycles. The van der Waals surface area contributed by atoms with Gasteiger partial charge in [0.15, 0.2) is 0 Å². The smallest absolute Gasteiger partial charge is 0.272 e. The van der Waals surface area contributed by atoms with E-state index in [9.17, 15) is 9.90 Å². The lowest BCUT2D eigenvalue weighted by atomic mass is 10.1. The Morgan fingerprint density at radius 2 is 1.91 bits per heavy atom. The van der Waals surface area contributed by atoms with E-state index in [-0.39, 0.29) is 16.3 Å². The summed E-state index contributed by atoms with van der Waals surface area (Å²) >= 11 is 17.6. The average Bonchev–Trinajstić information content (AvgIpc) is 2.43. The van der Waals surface area contributed by atoms with Crippen LogP contribution >= 0.6 is 34.8 Å². The fourth-order valence-corrected chi connectivity index (χ4v) is 2.54. The number of phenolic OH excluding ortho intramolecular Hbond substituents is 1. The van der Waals surface area contributed by atoms with Crippen molar-refractivity contribution in [2.45, 2.75) is 6.92 Å². The van der Waals surface area contributed by atoms with Crippen LogP contribution in [0, 0.1) is 6.92 Å². The van der Waals surface area contributed by atoms with Crippen LogP contribution in [0.1, 0.15) is 21.5 Å². The zero-order valence-corrected chi connectivity index (χ0v) is 13.7. The van der Waals surface area contributed by atoms with Crippen molar-refractivity contribution in [1.29, 1.82) is 0 Å². The highest BCUT2D eigenvalue weighted by Crippen LogP contribution is 2.29. The number of hydrogen-bond donors (Lipinski definition) is 2. The van der Waals surface area contributed by atoms with Gasteiger partial charge >= 0.3 is 0 Å². The Morgan fingerprint density at radius 3 is 2.59 bits per heavy atom. The lowest BCUT2D eigenvalue weighted by Crippen LogP contribution is -2.18. The molecule has 2 aromatic rings. The maximum Gasteiger partial charge on any atom is 0.272 e. The van der Waals surface area contributed by atoms with E-state index in [0.29, 0.717) is 15.6 Å². The number of carbonyl (C=O) groups is 1. The lowest BCUT2D eigenvalue weighted by Gasteiger charge is -2.04. The molecule has 0 fully saturated rings. The molecule has 0 aliphatic rings. The third kappa shape index (κ3) is 3.91. The van der Waals surface area contributed by atoms with Crippen LogP contribution in [0.3, 0.4) is 0 Å². The van der Waals surface area contributed by atoms with Crippen molar-refractivity contribution in [1.82, 2.24) is 5.43 Å². The minimum atomic E-state index is -0.464. The molecule has 0 bridgehead atoms. The molecular formula is C15H11Cl3N2O2. The van der Waals surface area contributed by atoms with Crippen LogP contribution < -0.4 is 5.43 Å². The molecule has 1 amide bonds. The van der Waals surface area contributed by atoms with Gasteiger partial charge in [-0.05, 0) is 36.8 Å². The number of benzene rings is 2. The summed E-state index contributed by atoms with van der Waals surface area (Å²) in [5.41, 5.74) is 3.86. The molecule has 0 unspecified atom stereocenters. The Hall–Kier alpha value is -1.75. The van der Waals surface area contributed by atoms with Crippen LogP contribution in [-0.4, -0.2) is 17.2 Å². The normalized spacial score (nSPS) is 10.9. The molecule has 2 aromatic carbocycles. The number of carbonyl (C=O) groups excluding carboxylic acids is 1. The number of hydrazone groups is 1. The van der Waals surface area contributed by atoms with Crippen molar-refractivity contribution in [3.63, 3.8) is 0 Å². The molecule has 114 valence electrons. The van der Waals surface area contributed by atoms with Crippen LogP contribution in [0.5, 0.6) is 5.75 Å². The number of amides is 1. The summed E-state index contributed by atoms with van der Waals surface area (Å²) in [7, 11) is 0. The van der Waals surface area contributed by atoms with Crippen LogP contribution in [0.25, 0.3) is 0 Å². The van der Waals surface area contributed by atoms with Gasteiger partial charge in [0.2, 0.25) is 0 Å². The largest absolute Gasteiger partial charge is 0.506 e.